The lowest BCUT2D eigenvalue weighted by molar-refractivity contribution is 0.181. The maximum atomic E-state index is 5.82. The fraction of sp³-hybridized carbons (Fsp3) is 0.300. The predicted molar refractivity (Wildman–Crippen MR) is 95.5 cm³/mol. The highest BCUT2D eigenvalue weighted by Crippen LogP contribution is 2.35. The van der Waals surface area contributed by atoms with E-state index in [1.54, 1.807) is 7.11 Å². The average molecular weight is 335 g/mol. The van der Waals surface area contributed by atoms with Crippen LogP contribution in [0.5, 0.6) is 5.75 Å². The molecule has 1 fully saturated rings. The summed E-state index contributed by atoms with van der Waals surface area (Å²) >= 11 is 0. The van der Waals surface area contributed by atoms with Crippen molar-refractivity contribution >= 4 is 0 Å². The second-order valence-electron chi connectivity index (χ2n) is 6.28. The normalized spacial score (nSPS) is 19.9. The number of methoxy groups -OCH3 is 1. The van der Waals surface area contributed by atoms with Crippen LogP contribution in [0, 0.1) is 5.92 Å². The number of hydrogen-bond donors (Lipinski definition) is 0. The maximum Gasteiger partial charge on any atom is 0.143 e. The molecule has 2 aromatic heterocycles. The third-order valence-electron chi connectivity index (χ3n) is 4.79. The number of rotatable bonds is 5. The SMILES string of the molecule is COc1ccccc1-c1nccn1[C@@H]1COC[C@H]1Cc1ccncc1. The summed E-state index contributed by atoms with van der Waals surface area (Å²) in [6.45, 7) is 1.46. The molecule has 1 aliphatic rings. The van der Waals surface area contributed by atoms with Gasteiger partial charge in [-0.2, -0.15) is 0 Å². The van der Waals surface area contributed by atoms with E-state index < -0.39 is 0 Å². The molecule has 3 aromatic rings. The molecule has 25 heavy (non-hydrogen) atoms. The van der Waals surface area contributed by atoms with E-state index in [0.717, 1.165) is 30.2 Å². The summed E-state index contributed by atoms with van der Waals surface area (Å²) in [4.78, 5) is 8.70. The molecule has 0 N–H and O–H groups in total. The van der Waals surface area contributed by atoms with Crippen molar-refractivity contribution in [2.75, 3.05) is 20.3 Å². The number of nitrogens with zero attached hydrogens (tertiary/aromatic N) is 3. The van der Waals surface area contributed by atoms with Gasteiger partial charge in [0.1, 0.15) is 11.6 Å². The average Bonchev–Trinajstić information content (AvgIpc) is 3.31. The van der Waals surface area contributed by atoms with Gasteiger partial charge < -0.3 is 14.0 Å². The summed E-state index contributed by atoms with van der Waals surface area (Å²) in [6.07, 6.45) is 8.55. The van der Waals surface area contributed by atoms with Crippen LogP contribution in [0.4, 0.5) is 0 Å². The molecule has 0 aliphatic carbocycles. The van der Waals surface area contributed by atoms with E-state index in [4.69, 9.17) is 9.47 Å². The molecular weight excluding hydrogens is 314 g/mol. The fourth-order valence-corrected chi connectivity index (χ4v) is 3.53. The van der Waals surface area contributed by atoms with Gasteiger partial charge in [-0.05, 0) is 36.2 Å². The van der Waals surface area contributed by atoms with Crippen LogP contribution in [-0.4, -0.2) is 34.9 Å². The zero-order valence-electron chi connectivity index (χ0n) is 14.2. The third-order valence-corrected chi connectivity index (χ3v) is 4.79. The van der Waals surface area contributed by atoms with Gasteiger partial charge in [0, 0.05) is 30.7 Å². The minimum Gasteiger partial charge on any atom is -0.496 e. The summed E-state index contributed by atoms with van der Waals surface area (Å²) in [5.74, 6) is 2.16. The summed E-state index contributed by atoms with van der Waals surface area (Å²) < 4.78 is 13.6. The highest BCUT2D eigenvalue weighted by molar-refractivity contribution is 5.64. The quantitative estimate of drug-likeness (QED) is 0.717. The van der Waals surface area contributed by atoms with Crippen LogP contribution >= 0.6 is 0 Å². The molecule has 0 saturated carbocycles. The van der Waals surface area contributed by atoms with Gasteiger partial charge >= 0.3 is 0 Å². The number of ether oxygens (including phenoxy) is 2. The molecule has 0 amide bonds. The molecule has 2 atom stereocenters. The number of hydrogen-bond acceptors (Lipinski definition) is 4. The minimum absolute atomic E-state index is 0.260. The first kappa shape index (κ1) is 15.8. The van der Waals surface area contributed by atoms with Gasteiger partial charge in [-0.3, -0.25) is 4.98 Å². The summed E-state index contributed by atoms with van der Waals surface area (Å²) in [5, 5.41) is 0. The van der Waals surface area contributed by atoms with E-state index in [9.17, 15) is 0 Å². The highest BCUT2D eigenvalue weighted by Gasteiger charge is 2.31. The van der Waals surface area contributed by atoms with E-state index in [1.807, 2.05) is 49.1 Å². The number of para-hydroxylation sites is 1. The molecule has 0 unspecified atom stereocenters. The number of imidazole rings is 1. The third kappa shape index (κ3) is 3.15. The molecule has 3 heterocycles. The molecule has 5 nitrogen and oxygen atoms in total. The first-order valence-corrected chi connectivity index (χ1v) is 8.49. The largest absolute Gasteiger partial charge is 0.496 e. The molecule has 0 radical (unpaired) electrons. The Balaban J connectivity index is 1.65. The standard InChI is InChI=1S/C20H21N3O2/c1-24-19-5-3-2-4-17(19)20-22-10-11-23(20)18-14-25-13-16(18)12-15-6-8-21-9-7-15/h2-11,16,18H,12-14H2,1H3/t16-,18-/m1/s1. The zero-order chi connectivity index (χ0) is 17.1. The Morgan fingerprint density at radius 1 is 1.12 bits per heavy atom. The van der Waals surface area contributed by atoms with Crippen molar-refractivity contribution in [1.29, 1.82) is 0 Å². The minimum atomic E-state index is 0.260. The van der Waals surface area contributed by atoms with E-state index in [0.29, 0.717) is 12.5 Å². The van der Waals surface area contributed by atoms with Crippen LogP contribution in [0.2, 0.25) is 0 Å². The van der Waals surface area contributed by atoms with Crippen molar-refractivity contribution in [3.8, 4) is 17.1 Å². The smallest absolute Gasteiger partial charge is 0.143 e. The lowest BCUT2D eigenvalue weighted by Gasteiger charge is -2.22. The van der Waals surface area contributed by atoms with Gasteiger partial charge in [0.05, 0.1) is 31.9 Å². The lowest BCUT2D eigenvalue weighted by Crippen LogP contribution is -2.20. The van der Waals surface area contributed by atoms with Crippen molar-refractivity contribution < 1.29 is 9.47 Å². The van der Waals surface area contributed by atoms with Gasteiger partial charge in [0.2, 0.25) is 0 Å². The summed E-state index contributed by atoms with van der Waals surface area (Å²) in [7, 11) is 1.69. The van der Waals surface area contributed by atoms with Gasteiger partial charge in [-0.15, -0.1) is 0 Å². The highest BCUT2D eigenvalue weighted by atomic mass is 16.5. The van der Waals surface area contributed by atoms with Crippen molar-refractivity contribution in [3.05, 3.63) is 66.7 Å². The Labute approximate surface area is 147 Å². The molecule has 128 valence electrons. The molecule has 1 aromatic carbocycles. The molecule has 0 spiro atoms. The lowest BCUT2D eigenvalue weighted by atomic mass is 9.95. The molecule has 1 saturated heterocycles. The second kappa shape index (κ2) is 7.07. The Morgan fingerprint density at radius 2 is 1.96 bits per heavy atom. The molecule has 0 bridgehead atoms. The topological polar surface area (TPSA) is 49.2 Å². The van der Waals surface area contributed by atoms with Crippen molar-refractivity contribution in [2.24, 2.45) is 5.92 Å². The monoisotopic (exact) mass is 335 g/mol. The number of aromatic nitrogens is 3. The maximum absolute atomic E-state index is 5.82. The van der Waals surface area contributed by atoms with Crippen LogP contribution in [0.1, 0.15) is 11.6 Å². The van der Waals surface area contributed by atoms with Gasteiger partial charge in [-0.25, -0.2) is 4.98 Å². The Bertz CT molecular complexity index is 832. The van der Waals surface area contributed by atoms with E-state index >= 15 is 0 Å². The van der Waals surface area contributed by atoms with Crippen molar-refractivity contribution in [1.82, 2.24) is 14.5 Å². The first-order valence-electron chi connectivity index (χ1n) is 8.49. The second-order valence-corrected chi connectivity index (χ2v) is 6.28. The Hall–Kier alpha value is -2.66. The van der Waals surface area contributed by atoms with Gasteiger partial charge in [-0.1, -0.05) is 12.1 Å². The molecular formula is C20H21N3O2. The molecule has 1 aliphatic heterocycles. The van der Waals surface area contributed by atoms with E-state index in [2.05, 4.69) is 26.7 Å². The van der Waals surface area contributed by atoms with Gasteiger partial charge in [0.15, 0.2) is 0 Å². The number of benzene rings is 1. The summed E-state index contributed by atoms with van der Waals surface area (Å²) in [5.41, 5.74) is 2.29. The van der Waals surface area contributed by atoms with Crippen molar-refractivity contribution in [2.45, 2.75) is 12.5 Å². The predicted octanol–water partition coefficient (Wildman–Crippen LogP) is 3.38. The van der Waals surface area contributed by atoms with Crippen LogP contribution in [0.3, 0.4) is 0 Å². The van der Waals surface area contributed by atoms with E-state index in [1.165, 1.54) is 5.56 Å². The van der Waals surface area contributed by atoms with E-state index in [-0.39, 0.29) is 6.04 Å². The van der Waals surface area contributed by atoms with Gasteiger partial charge in [0.25, 0.3) is 0 Å². The summed E-state index contributed by atoms with van der Waals surface area (Å²) in [6, 6.07) is 12.4. The van der Waals surface area contributed by atoms with Crippen LogP contribution in [0.25, 0.3) is 11.4 Å². The van der Waals surface area contributed by atoms with Crippen LogP contribution in [-0.2, 0) is 11.2 Å². The zero-order valence-corrected chi connectivity index (χ0v) is 14.2. The van der Waals surface area contributed by atoms with Crippen LogP contribution < -0.4 is 4.74 Å². The first-order chi connectivity index (χ1) is 12.4. The Morgan fingerprint density at radius 3 is 2.80 bits per heavy atom. The van der Waals surface area contributed by atoms with Crippen LogP contribution in [0.15, 0.2) is 61.2 Å². The van der Waals surface area contributed by atoms with Crippen molar-refractivity contribution in [3.63, 3.8) is 0 Å². The number of pyridine rings is 1. The Kier molecular flexibility index (Phi) is 4.48. The molecule has 5 heteroatoms. The molecule has 4 rings (SSSR count). The fourth-order valence-electron chi connectivity index (χ4n) is 3.53.